The Morgan fingerprint density at radius 1 is 0.760 bits per heavy atom. The molecule has 8 unspecified atom stereocenters. The Hall–Kier alpha value is -2.04. The zero-order chi connectivity index (χ0) is 35.9. The molecular weight excluding hydrogens is 659 g/mol. The number of carbonyl (C=O) groups excluding carboxylic acids is 1. The second kappa shape index (κ2) is 17.2. The number of alkyl halides is 3. The Morgan fingerprint density at radius 2 is 1.30 bits per heavy atom. The van der Waals surface area contributed by atoms with E-state index in [9.17, 15) is 18.0 Å². The van der Waals surface area contributed by atoms with Crippen molar-refractivity contribution >= 4 is 11.7 Å². The molecule has 50 heavy (non-hydrogen) atoms. The first-order chi connectivity index (χ1) is 23.7. The fourth-order valence-electron chi connectivity index (χ4n) is 7.07. The highest BCUT2D eigenvalue weighted by Gasteiger charge is 2.57. The van der Waals surface area contributed by atoms with E-state index in [0.29, 0.717) is 19.7 Å². The second-order valence-corrected chi connectivity index (χ2v) is 14.7. The van der Waals surface area contributed by atoms with Crippen molar-refractivity contribution in [3.05, 3.63) is 29.8 Å². The zero-order valence-corrected chi connectivity index (χ0v) is 30.0. The molecule has 0 bridgehead atoms. The smallest absolute Gasteiger partial charge is 0.373 e. The molecule has 0 spiro atoms. The molecule has 4 saturated heterocycles. The van der Waals surface area contributed by atoms with Crippen LogP contribution in [-0.2, 0) is 39.3 Å². The lowest BCUT2D eigenvalue weighted by molar-refractivity contribution is -0.218. The molecule has 1 aromatic rings. The molecule has 14 heteroatoms. The molecule has 4 fully saturated rings. The largest absolute Gasteiger partial charge is 0.416 e. The number of nitrogens with one attached hydrogen (secondary N) is 3. The van der Waals surface area contributed by atoms with Crippen molar-refractivity contribution in [1.29, 1.82) is 0 Å². The summed E-state index contributed by atoms with van der Waals surface area (Å²) < 4.78 is 81.9. The highest BCUT2D eigenvalue weighted by molar-refractivity contribution is 5.89. The van der Waals surface area contributed by atoms with E-state index in [1.165, 1.54) is 63.5 Å². The van der Waals surface area contributed by atoms with Crippen molar-refractivity contribution < 1.29 is 51.1 Å². The van der Waals surface area contributed by atoms with Gasteiger partial charge in [-0.2, -0.15) is 13.2 Å². The number of urea groups is 1. The maximum absolute atomic E-state index is 13.0. The van der Waals surface area contributed by atoms with Crippen molar-refractivity contribution in [3.8, 4) is 0 Å². The molecule has 0 radical (unpaired) electrons. The molecule has 3 N–H and O–H groups in total. The summed E-state index contributed by atoms with van der Waals surface area (Å²) in [6.45, 7) is 10.8. The number of carbonyl (C=O) groups is 1. The van der Waals surface area contributed by atoms with E-state index in [4.69, 9.17) is 33.2 Å². The third-order valence-electron chi connectivity index (χ3n) is 9.51. The van der Waals surface area contributed by atoms with Gasteiger partial charge in [-0.3, -0.25) is 0 Å². The minimum Gasteiger partial charge on any atom is -0.373 e. The van der Waals surface area contributed by atoms with Crippen LogP contribution in [0.1, 0.15) is 104 Å². The maximum atomic E-state index is 13.0. The van der Waals surface area contributed by atoms with Crippen LogP contribution in [0, 0.1) is 0 Å². The van der Waals surface area contributed by atoms with Crippen LogP contribution in [0.2, 0.25) is 0 Å². The van der Waals surface area contributed by atoms with Crippen LogP contribution in [-0.4, -0.2) is 86.4 Å². The predicted molar refractivity (Wildman–Crippen MR) is 179 cm³/mol. The highest BCUT2D eigenvalue weighted by Crippen LogP contribution is 2.40. The van der Waals surface area contributed by atoms with E-state index in [0.717, 1.165) is 25.0 Å². The first-order valence-electron chi connectivity index (χ1n) is 18.3. The van der Waals surface area contributed by atoms with Crippen molar-refractivity contribution in [2.24, 2.45) is 0 Å². The van der Waals surface area contributed by atoms with Gasteiger partial charge in [0.05, 0.1) is 17.7 Å². The third kappa shape index (κ3) is 10.8. The predicted octanol–water partition coefficient (Wildman–Crippen LogP) is 6.84. The van der Waals surface area contributed by atoms with Gasteiger partial charge in [-0.15, -0.1) is 0 Å². The number of hydrogen-bond donors (Lipinski definition) is 3. The van der Waals surface area contributed by atoms with Crippen LogP contribution in [0.15, 0.2) is 24.3 Å². The van der Waals surface area contributed by atoms with Crippen LogP contribution in [0.4, 0.5) is 23.7 Å². The molecule has 2 amide bonds. The summed E-state index contributed by atoms with van der Waals surface area (Å²) in [4.78, 5) is 13.0. The second-order valence-electron chi connectivity index (χ2n) is 14.7. The minimum atomic E-state index is -4.47. The van der Waals surface area contributed by atoms with Gasteiger partial charge in [0.1, 0.15) is 24.4 Å². The summed E-state index contributed by atoms with van der Waals surface area (Å²) in [6, 6.07) is 3.00. The van der Waals surface area contributed by atoms with Crippen LogP contribution in [0.25, 0.3) is 0 Å². The number of anilines is 1. The molecule has 4 aliphatic rings. The summed E-state index contributed by atoms with van der Waals surface area (Å²) >= 11 is 0. The van der Waals surface area contributed by atoms with Gasteiger partial charge in [-0.1, -0.05) is 64.7 Å². The van der Waals surface area contributed by atoms with E-state index in [-0.39, 0.29) is 24.0 Å². The monoisotopic (exact) mass is 715 g/mol. The Labute approximate surface area is 293 Å². The number of amides is 2. The number of fused-ring (bicyclic) bond motifs is 2. The molecular formula is C36H56F3N3O8. The molecule has 5 rings (SSSR count). The van der Waals surface area contributed by atoms with E-state index in [1.54, 1.807) is 13.8 Å². The Morgan fingerprint density at radius 3 is 1.92 bits per heavy atom. The minimum absolute atomic E-state index is 0.213. The fraction of sp³-hybridized carbons (Fsp3) is 0.806. The normalized spacial score (nSPS) is 31.1. The van der Waals surface area contributed by atoms with Crippen LogP contribution in [0.5, 0.6) is 0 Å². The molecule has 0 saturated carbocycles. The topological polar surface area (TPSA) is 118 Å². The van der Waals surface area contributed by atoms with Crippen molar-refractivity contribution in [2.75, 3.05) is 25.0 Å². The van der Waals surface area contributed by atoms with Crippen molar-refractivity contribution in [3.63, 3.8) is 0 Å². The van der Waals surface area contributed by atoms with E-state index < -0.39 is 60.2 Å². The van der Waals surface area contributed by atoms with E-state index in [2.05, 4.69) is 22.9 Å². The SMILES string of the molecule is CCCCCCCCCCCCOC1C(CNCC2OC3OC(C)(C)OC3C2NC(=O)Nc2ccc(C(F)(F)F)cc2)OC2OC(C)(C)OC21. The lowest BCUT2D eigenvalue weighted by atomic mass is 10.1. The lowest BCUT2D eigenvalue weighted by Crippen LogP contribution is -2.53. The number of halogens is 3. The van der Waals surface area contributed by atoms with Gasteiger partial charge < -0.3 is 49.1 Å². The molecule has 4 aliphatic heterocycles. The van der Waals surface area contributed by atoms with Gasteiger partial charge in [-0.05, 0) is 58.4 Å². The maximum Gasteiger partial charge on any atom is 0.416 e. The summed E-state index contributed by atoms with van der Waals surface area (Å²) in [5.41, 5.74) is -0.589. The molecule has 284 valence electrons. The quantitative estimate of drug-likeness (QED) is 0.141. The standard InChI is InChI=1S/C36H56F3N3O8/c1-6-7-8-9-10-11-12-13-14-15-20-44-28-26(46-32-30(28)48-35(4,5)50-32)22-40-21-25-27(29-31(45-25)49-34(2,3)47-29)42-33(43)41-24-18-16-23(17-19-24)36(37,38)39/h16-19,25-32,40H,6-15,20-22H2,1-5H3,(H2,41,42,43). The number of benzene rings is 1. The molecule has 1 aromatic carbocycles. The average molecular weight is 716 g/mol. The van der Waals surface area contributed by atoms with Crippen LogP contribution >= 0.6 is 0 Å². The lowest BCUT2D eigenvalue weighted by Gasteiger charge is -2.28. The molecule has 0 aliphatic carbocycles. The van der Waals surface area contributed by atoms with Crippen LogP contribution < -0.4 is 16.0 Å². The number of rotatable bonds is 18. The fourth-order valence-corrected chi connectivity index (χ4v) is 7.07. The van der Waals surface area contributed by atoms with Crippen molar-refractivity contribution in [1.82, 2.24) is 10.6 Å². The number of hydrogen-bond acceptors (Lipinski definition) is 9. The van der Waals surface area contributed by atoms with Crippen molar-refractivity contribution in [2.45, 2.75) is 166 Å². The third-order valence-corrected chi connectivity index (χ3v) is 9.51. The van der Waals surface area contributed by atoms with Gasteiger partial charge >= 0.3 is 12.2 Å². The van der Waals surface area contributed by atoms with Gasteiger partial charge in [0.2, 0.25) is 0 Å². The highest BCUT2D eigenvalue weighted by atomic mass is 19.4. The first kappa shape index (κ1) is 39.2. The van der Waals surface area contributed by atoms with Gasteiger partial charge in [0.25, 0.3) is 0 Å². The Kier molecular flexibility index (Phi) is 13.5. The molecule has 0 aromatic heterocycles. The van der Waals surface area contributed by atoms with E-state index >= 15 is 0 Å². The molecule has 11 nitrogen and oxygen atoms in total. The summed E-state index contributed by atoms with van der Waals surface area (Å²) in [6.07, 6.45) is 4.55. The Bertz CT molecular complexity index is 1220. The van der Waals surface area contributed by atoms with E-state index in [1.807, 2.05) is 13.8 Å². The Balaban J connectivity index is 1.10. The van der Waals surface area contributed by atoms with Crippen LogP contribution in [0.3, 0.4) is 0 Å². The summed E-state index contributed by atoms with van der Waals surface area (Å²) in [5, 5.41) is 8.89. The summed E-state index contributed by atoms with van der Waals surface area (Å²) in [7, 11) is 0. The zero-order valence-electron chi connectivity index (χ0n) is 30.0. The van der Waals surface area contributed by atoms with Gasteiger partial charge in [-0.25, -0.2) is 4.79 Å². The number of unbranched alkanes of at least 4 members (excludes halogenated alkanes) is 9. The summed E-state index contributed by atoms with van der Waals surface area (Å²) in [5.74, 6) is -1.69. The molecule has 4 heterocycles. The average Bonchev–Trinajstić information content (AvgIpc) is 3.71. The van der Waals surface area contributed by atoms with Gasteiger partial charge in [0.15, 0.2) is 24.2 Å². The molecule has 8 atom stereocenters. The first-order valence-corrected chi connectivity index (χ1v) is 18.3. The number of ether oxygens (including phenoxy) is 7. The van der Waals surface area contributed by atoms with Gasteiger partial charge in [0, 0.05) is 25.4 Å².